The third-order valence-electron chi connectivity index (χ3n) is 3.25. The molecule has 0 saturated heterocycles. The number of nitrogen functional groups attached to an aromatic ring is 1. The number of esters is 1. The van der Waals surface area contributed by atoms with Crippen molar-refractivity contribution in [3.63, 3.8) is 0 Å². The van der Waals surface area contributed by atoms with E-state index in [1.54, 1.807) is 24.3 Å². The van der Waals surface area contributed by atoms with Crippen molar-refractivity contribution in [1.82, 2.24) is 5.32 Å². The summed E-state index contributed by atoms with van der Waals surface area (Å²) in [6, 6.07) is 7.01. The molecule has 2 aromatic rings. The summed E-state index contributed by atoms with van der Waals surface area (Å²) in [7, 11) is 0. The maximum Gasteiger partial charge on any atom is 0.374 e. The summed E-state index contributed by atoms with van der Waals surface area (Å²) in [4.78, 5) is 23.3. The molecule has 21 heavy (non-hydrogen) atoms. The lowest BCUT2D eigenvalue weighted by Gasteiger charge is -2.03. The Labute approximate surface area is 121 Å². The number of nitrogens with one attached hydrogen (secondary N) is 1. The first-order chi connectivity index (χ1) is 10.1. The lowest BCUT2D eigenvalue weighted by Crippen LogP contribution is -2.26. The maximum atomic E-state index is 11.8. The van der Waals surface area contributed by atoms with Crippen molar-refractivity contribution in [2.75, 3.05) is 12.3 Å². The summed E-state index contributed by atoms with van der Waals surface area (Å²) >= 11 is 0. The van der Waals surface area contributed by atoms with Gasteiger partial charge in [-0.05, 0) is 37.1 Å². The number of nitrogens with two attached hydrogens (primary N) is 1. The Morgan fingerprint density at radius 3 is 2.90 bits per heavy atom. The van der Waals surface area contributed by atoms with E-state index in [1.807, 2.05) is 0 Å². The molecule has 1 aromatic carbocycles. The van der Waals surface area contributed by atoms with Gasteiger partial charge in [0, 0.05) is 17.1 Å². The van der Waals surface area contributed by atoms with Crippen molar-refractivity contribution in [3.8, 4) is 0 Å². The second kappa shape index (κ2) is 5.47. The van der Waals surface area contributed by atoms with E-state index in [-0.39, 0.29) is 24.7 Å². The zero-order valence-electron chi connectivity index (χ0n) is 11.4. The van der Waals surface area contributed by atoms with Crippen molar-refractivity contribution in [2.24, 2.45) is 0 Å². The van der Waals surface area contributed by atoms with Gasteiger partial charge in [0.25, 0.3) is 0 Å². The van der Waals surface area contributed by atoms with Crippen LogP contribution in [0.5, 0.6) is 0 Å². The zero-order chi connectivity index (χ0) is 14.8. The first-order valence-electron chi connectivity index (χ1n) is 6.87. The second-order valence-corrected chi connectivity index (χ2v) is 5.14. The SMILES string of the molecule is Nc1ccc2oc(C(=O)OCCC(=O)NC3CC3)cc2c1. The van der Waals surface area contributed by atoms with Crippen LogP contribution in [-0.4, -0.2) is 24.5 Å². The van der Waals surface area contributed by atoms with Crippen LogP contribution >= 0.6 is 0 Å². The summed E-state index contributed by atoms with van der Waals surface area (Å²) in [6.45, 7) is 0.0383. The van der Waals surface area contributed by atoms with Crippen molar-refractivity contribution in [2.45, 2.75) is 25.3 Å². The quantitative estimate of drug-likeness (QED) is 0.646. The van der Waals surface area contributed by atoms with E-state index in [2.05, 4.69) is 5.32 Å². The molecule has 1 aliphatic carbocycles. The van der Waals surface area contributed by atoms with Gasteiger partial charge in [0.05, 0.1) is 6.42 Å². The van der Waals surface area contributed by atoms with Gasteiger partial charge < -0.3 is 20.2 Å². The van der Waals surface area contributed by atoms with Crippen LogP contribution in [0.15, 0.2) is 28.7 Å². The molecular formula is C15H16N2O4. The van der Waals surface area contributed by atoms with E-state index in [1.165, 1.54) is 0 Å². The number of fused-ring (bicyclic) bond motifs is 1. The monoisotopic (exact) mass is 288 g/mol. The lowest BCUT2D eigenvalue weighted by atomic mass is 10.2. The van der Waals surface area contributed by atoms with E-state index in [0.717, 1.165) is 18.2 Å². The second-order valence-electron chi connectivity index (χ2n) is 5.14. The molecule has 3 rings (SSSR count). The minimum absolute atomic E-state index is 0.0383. The van der Waals surface area contributed by atoms with E-state index in [4.69, 9.17) is 14.9 Å². The fourth-order valence-corrected chi connectivity index (χ4v) is 2.00. The topological polar surface area (TPSA) is 94.6 Å². The van der Waals surface area contributed by atoms with E-state index in [0.29, 0.717) is 17.3 Å². The third-order valence-corrected chi connectivity index (χ3v) is 3.25. The molecule has 110 valence electrons. The number of anilines is 1. The van der Waals surface area contributed by atoms with Gasteiger partial charge in [-0.15, -0.1) is 0 Å². The minimum Gasteiger partial charge on any atom is -0.459 e. The average molecular weight is 288 g/mol. The number of rotatable bonds is 5. The molecule has 1 aliphatic rings. The van der Waals surface area contributed by atoms with Gasteiger partial charge in [-0.1, -0.05) is 0 Å². The molecule has 3 N–H and O–H groups in total. The first kappa shape index (κ1) is 13.5. The highest BCUT2D eigenvalue weighted by Crippen LogP contribution is 2.22. The molecular weight excluding hydrogens is 272 g/mol. The summed E-state index contributed by atoms with van der Waals surface area (Å²) in [5.74, 6) is -0.565. The normalized spacial score (nSPS) is 14.1. The Hall–Kier alpha value is -2.50. The van der Waals surface area contributed by atoms with Crippen LogP contribution < -0.4 is 11.1 Å². The summed E-state index contributed by atoms with van der Waals surface area (Å²) in [6.07, 6.45) is 2.23. The number of hydrogen-bond acceptors (Lipinski definition) is 5. The molecule has 0 spiro atoms. The van der Waals surface area contributed by atoms with Crippen LogP contribution in [0, 0.1) is 0 Å². The van der Waals surface area contributed by atoms with Crippen LogP contribution in [0.4, 0.5) is 5.69 Å². The number of benzene rings is 1. The molecule has 0 bridgehead atoms. The summed E-state index contributed by atoms with van der Waals surface area (Å²) in [5, 5.41) is 3.57. The van der Waals surface area contributed by atoms with E-state index < -0.39 is 5.97 Å². The van der Waals surface area contributed by atoms with Crippen LogP contribution in [0.1, 0.15) is 29.8 Å². The number of carbonyl (C=O) groups excluding carboxylic acids is 2. The Kier molecular flexibility index (Phi) is 3.51. The van der Waals surface area contributed by atoms with Gasteiger partial charge in [0.15, 0.2) is 0 Å². The molecule has 0 unspecified atom stereocenters. The highest BCUT2D eigenvalue weighted by molar-refractivity contribution is 5.93. The van der Waals surface area contributed by atoms with Crippen molar-refractivity contribution < 1.29 is 18.7 Å². The van der Waals surface area contributed by atoms with Gasteiger partial charge in [0.1, 0.15) is 12.2 Å². The number of ether oxygens (including phenoxy) is 1. The Morgan fingerprint density at radius 1 is 1.33 bits per heavy atom. The molecule has 0 radical (unpaired) electrons. The third kappa shape index (κ3) is 3.34. The Balaban J connectivity index is 1.54. The van der Waals surface area contributed by atoms with Crippen LogP contribution in [0.25, 0.3) is 11.0 Å². The zero-order valence-corrected chi connectivity index (χ0v) is 11.4. The van der Waals surface area contributed by atoms with E-state index >= 15 is 0 Å². The molecule has 1 saturated carbocycles. The Bertz CT molecular complexity index is 688. The standard InChI is InChI=1S/C15H16N2O4/c16-10-1-4-12-9(7-10)8-13(21-12)15(19)20-6-5-14(18)17-11-2-3-11/h1,4,7-8,11H,2-3,5-6,16H2,(H,17,18). The first-order valence-corrected chi connectivity index (χ1v) is 6.87. The number of amides is 1. The number of furan rings is 1. The molecule has 6 nitrogen and oxygen atoms in total. The highest BCUT2D eigenvalue weighted by Gasteiger charge is 2.23. The van der Waals surface area contributed by atoms with Gasteiger partial charge >= 0.3 is 5.97 Å². The van der Waals surface area contributed by atoms with Crippen LogP contribution in [0.2, 0.25) is 0 Å². The largest absolute Gasteiger partial charge is 0.459 e. The predicted octanol–water partition coefficient (Wildman–Crippen LogP) is 1.84. The predicted molar refractivity (Wildman–Crippen MR) is 76.7 cm³/mol. The van der Waals surface area contributed by atoms with E-state index in [9.17, 15) is 9.59 Å². The summed E-state index contributed by atoms with van der Waals surface area (Å²) < 4.78 is 10.4. The lowest BCUT2D eigenvalue weighted by molar-refractivity contribution is -0.121. The smallest absolute Gasteiger partial charge is 0.374 e. The van der Waals surface area contributed by atoms with Gasteiger partial charge in [-0.2, -0.15) is 0 Å². The Morgan fingerprint density at radius 2 is 2.14 bits per heavy atom. The van der Waals surface area contributed by atoms with Crippen molar-refractivity contribution in [3.05, 3.63) is 30.0 Å². The molecule has 0 aliphatic heterocycles. The molecule has 6 heteroatoms. The minimum atomic E-state index is -0.580. The number of hydrogen-bond donors (Lipinski definition) is 2. The summed E-state index contributed by atoms with van der Waals surface area (Å²) in [5.41, 5.74) is 6.83. The van der Waals surface area contributed by atoms with Gasteiger partial charge in [-0.25, -0.2) is 4.79 Å². The fraction of sp³-hybridized carbons (Fsp3) is 0.333. The molecule has 1 amide bonds. The molecule has 1 heterocycles. The number of carbonyl (C=O) groups is 2. The van der Waals surface area contributed by atoms with Crippen LogP contribution in [0.3, 0.4) is 0 Å². The fourth-order valence-electron chi connectivity index (χ4n) is 2.00. The van der Waals surface area contributed by atoms with Gasteiger partial charge in [0.2, 0.25) is 11.7 Å². The van der Waals surface area contributed by atoms with Gasteiger partial charge in [-0.3, -0.25) is 4.79 Å². The highest BCUT2D eigenvalue weighted by atomic mass is 16.5. The average Bonchev–Trinajstić information content (AvgIpc) is 3.15. The molecule has 1 fully saturated rings. The maximum absolute atomic E-state index is 11.8. The molecule has 1 aromatic heterocycles. The van der Waals surface area contributed by atoms with Crippen LogP contribution in [-0.2, 0) is 9.53 Å². The van der Waals surface area contributed by atoms with Crippen molar-refractivity contribution in [1.29, 1.82) is 0 Å². The van der Waals surface area contributed by atoms with Crippen molar-refractivity contribution >= 4 is 28.5 Å². The molecule has 0 atom stereocenters.